The van der Waals surface area contributed by atoms with Crippen LogP contribution in [0.4, 0.5) is 0 Å². The smallest absolute Gasteiger partial charge is 0.00999 e. The fourth-order valence-electron chi connectivity index (χ4n) is 1.76. The summed E-state index contributed by atoms with van der Waals surface area (Å²) in [6.45, 7) is 14.3. The van der Waals surface area contributed by atoms with E-state index in [1.807, 2.05) is 12.2 Å². The van der Waals surface area contributed by atoms with Gasteiger partial charge in [0.05, 0.1) is 0 Å². The third kappa shape index (κ3) is 3.37. The molecule has 0 aliphatic carbocycles. The van der Waals surface area contributed by atoms with Crippen molar-refractivity contribution in [1.82, 2.24) is 0 Å². The highest BCUT2D eigenvalue weighted by molar-refractivity contribution is 5.35. The van der Waals surface area contributed by atoms with Crippen LogP contribution in [-0.4, -0.2) is 0 Å². The van der Waals surface area contributed by atoms with E-state index < -0.39 is 0 Å². The van der Waals surface area contributed by atoms with Crippen LogP contribution in [0.15, 0.2) is 43.5 Å². The van der Waals surface area contributed by atoms with Crippen LogP contribution in [0, 0.1) is 0 Å². The van der Waals surface area contributed by atoms with Gasteiger partial charge in [0.25, 0.3) is 0 Å². The van der Waals surface area contributed by atoms with Crippen LogP contribution in [0.2, 0.25) is 0 Å². The van der Waals surface area contributed by atoms with Crippen molar-refractivity contribution >= 4 is 0 Å². The monoisotopic (exact) mass is 214 g/mol. The minimum Gasteiger partial charge on any atom is -0.103 e. The molecule has 1 aromatic carbocycles. The van der Waals surface area contributed by atoms with Crippen LogP contribution in [0.1, 0.15) is 37.5 Å². The molecule has 0 amide bonds. The van der Waals surface area contributed by atoms with Crippen LogP contribution >= 0.6 is 0 Å². The topological polar surface area (TPSA) is 0 Å². The molecule has 0 N–H and O–H groups in total. The van der Waals surface area contributed by atoms with E-state index in [1.54, 1.807) is 0 Å². The summed E-state index contributed by atoms with van der Waals surface area (Å²) in [4.78, 5) is 0. The van der Waals surface area contributed by atoms with Crippen molar-refractivity contribution in [3.05, 3.63) is 60.2 Å². The zero-order valence-corrected chi connectivity index (χ0v) is 10.7. The van der Waals surface area contributed by atoms with Gasteiger partial charge in [0, 0.05) is 0 Å². The number of benzene rings is 1. The van der Waals surface area contributed by atoms with Crippen LogP contribution in [0.5, 0.6) is 0 Å². The van der Waals surface area contributed by atoms with E-state index in [0.717, 1.165) is 12.8 Å². The van der Waals surface area contributed by atoms with E-state index in [4.69, 9.17) is 0 Å². The van der Waals surface area contributed by atoms with Gasteiger partial charge >= 0.3 is 0 Å². The highest BCUT2D eigenvalue weighted by atomic mass is 14.2. The van der Waals surface area contributed by atoms with Gasteiger partial charge in [0.1, 0.15) is 0 Å². The SMILES string of the molecule is C=CCc1cc(CC=C)cc(C(C)(C)C)c1. The molecule has 0 heterocycles. The zero-order valence-electron chi connectivity index (χ0n) is 10.7. The maximum Gasteiger partial charge on any atom is -0.00999 e. The van der Waals surface area contributed by atoms with E-state index >= 15 is 0 Å². The summed E-state index contributed by atoms with van der Waals surface area (Å²) >= 11 is 0. The van der Waals surface area contributed by atoms with E-state index in [9.17, 15) is 0 Å². The first kappa shape index (κ1) is 12.8. The molecule has 86 valence electrons. The van der Waals surface area contributed by atoms with Crippen LogP contribution < -0.4 is 0 Å². The Morgan fingerprint density at radius 3 is 1.69 bits per heavy atom. The van der Waals surface area contributed by atoms with Crippen LogP contribution in [0.25, 0.3) is 0 Å². The Labute approximate surface area is 99.7 Å². The maximum absolute atomic E-state index is 3.80. The number of rotatable bonds is 4. The van der Waals surface area contributed by atoms with Gasteiger partial charge in [0.15, 0.2) is 0 Å². The standard InChI is InChI=1S/C16H22/c1-6-8-13-10-14(9-7-2)12-15(11-13)16(3,4)5/h6-7,10-12H,1-2,8-9H2,3-5H3. The summed E-state index contributed by atoms with van der Waals surface area (Å²) in [5.74, 6) is 0. The predicted molar refractivity (Wildman–Crippen MR) is 72.9 cm³/mol. The summed E-state index contributed by atoms with van der Waals surface area (Å²) in [5.41, 5.74) is 4.29. The Kier molecular flexibility index (Phi) is 4.12. The lowest BCUT2D eigenvalue weighted by atomic mass is 9.84. The van der Waals surface area contributed by atoms with Gasteiger partial charge < -0.3 is 0 Å². The molecule has 0 unspecified atom stereocenters. The second-order valence-corrected chi connectivity index (χ2v) is 5.27. The molecular weight excluding hydrogens is 192 g/mol. The van der Waals surface area contributed by atoms with Crippen molar-refractivity contribution < 1.29 is 0 Å². The third-order valence-corrected chi connectivity index (χ3v) is 2.68. The van der Waals surface area contributed by atoms with E-state index in [2.05, 4.69) is 52.1 Å². The van der Waals surface area contributed by atoms with E-state index in [0.29, 0.717) is 0 Å². The lowest BCUT2D eigenvalue weighted by molar-refractivity contribution is 0.588. The largest absolute Gasteiger partial charge is 0.103 e. The number of hydrogen-bond donors (Lipinski definition) is 0. The first-order valence-corrected chi connectivity index (χ1v) is 5.82. The molecule has 0 atom stereocenters. The Balaban J connectivity index is 3.17. The molecule has 1 rings (SSSR count). The summed E-state index contributed by atoms with van der Waals surface area (Å²) < 4.78 is 0. The highest BCUT2D eigenvalue weighted by Crippen LogP contribution is 2.25. The van der Waals surface area contributed by atoms with Gasteiger partial charge in [-0.05, 0) is 34.9 Å². The van der Waals surface area contributed by atoms with Crippen molar-refractivity contribution in [3.8, 4) is 0 Å². The van der Waals surface area contributed by atoms with Crippen molar-refractivity contribution in [2.45, 2.75) is 39.0 Å². The molecule has 1 aromatic rings. The molecular formula is C16H22. The second-order valence-electron chi connectivity index (χ2n) is 5.27. The van der Waals surface area contributed by atoms with Crippen molar-refractivity contribution in [3.63, 3.8) is 0 Å². The van der Waals surface area contributed by atoms with Gasteiger partial charge in [-0.1, -0.05) is 51.1 Å². The Bertz CT molecular complexity index is 349. The number of allylic oxidation sites excluding steroid dienone is 2. The third-order valence-electron chi connectivity index (χ3n) is 2.68. The molecule has 0 aliphatic heterocycles. The average Bonchev–Trinajstić information content (AvgIpc) is 2.17. The summed E-state index contributed by atoms with van der Waals surface area (Å²) in [5, 5.41) is 0. The molecule has 0 heteroatoms. The predicted octanol–water partition coefficient (Wildman–Crippen LogP) is 4.44. The fraction of sp³-hybridized carbons (Fsp3) is 0.375. The quantitative estimate of drug-likeness (QED) is 0.650. The first-order chi connectivity index (χ1) is 7.47. The minimum atomic E-state index is 0.201. The van der Waals surface area contributed by atoms with Crippen LogP contribution in [-0.2, 0) is 18.3 Å². The summed E-state index contributed by atoms with van der Waals surface area (Å²) in [6.07, 6.45) is 5.79. The number of hydrogen-bond acceptors (Lipinski definition) is 0. The average molecular weight is 214 g/mol. The Hall–Kier alpha value is -1.30. The van der Waals surface area contributed by atoms with Gasteiger partial charge in [-0.15, -0.1) is 13.2 Å². The van der Waals surface area contributed by atoms with Gasteiger partial charge in [-0.2, -0.15) is 0 Å². The molecule has 0 saturated carbocycles. The molecule has 0 spiro atoms. The van der Waals surface area contributed by atoms with Crippen LogP contribution in [0.3, 0.4) is 0 Å². The molecule has 0 bridgehead atoms. The van der Waals surface area contributed by atoms with Gasteiger partial charge in [-0.25, -0.2) is 0 Å². The molecule has 0 aliphatic rings. The van der Waals surface area contributed by atoms with Crippen molar-refractivity contribution in [2.24, 2.45) is 0 Å². The minimum absolute atomic E-state index is 0.201. The lowest BCUT2D eigenvalue weighted by Gasteiger charge is -2.21. The van der Waals surface area contributed by atoms with E-state index in [1.165, 1.54) is 16.7 Å². The zero-order chi connectivity index (χ0) is 12.2. The summed E-state index contributed by atoms with van der Waals surface area (Å²) in [7, 11) is 0. The Morgan fingerprint density at radius 1 is 0.938 bits per heavy atom. The molecule has 0 aromatic heterocycles. The maximum atomic E-state index is 3.80. The highest BCUT2D eigenvalue weighted by Gasteiger charge is 2.14. The van der Waals surface area contributed by atoms with Crippen molar-refractivity contribution in [1.29, 1.82) is 0 Å². The molecule has 0 saturated heterocycles. The van der Waals surface area contributed by atoms with Crippen molar-refractivity contribution in [2.75, 3.05) is 0 Å². The normalized spacial score (nSPS) is 11.2. The van der Waals surface area contributed by atoms with Gasteiger partial charge in [-0.3, -0.25) is 0 Å². The molecule has 0 nitrogen and oxygen atoms in total. The molecule has 16 heavy (non-hydrogen) atoms. The summed E-state index contributed by atoms with van der Waals surface area (Å²) in [6, 6.07) is 6.82. The Morgan fingerprint density at radius 2 is 1.38 bits per heavy atom. The lowest BCUT2D eigenvalue weighted by Crippen LogP contribution is -2.12. The van der Waals surface area contributed by atoms with Gasteiger partial charge in [0.2, 0.25) is 0 Å². The molecule has 0 fully saturated rings. The first-order valence-electron chi connectivity index (χ1n) is 5.82. The van der Waals surface area contributed by atoms with E-state index in [-0.39, 0.29) is 5.41 Å². The molecule has 0 radical (unpaired) electrons. The second kappa shape index (κ2) is 5.16. The fourth-order valence-corrected chi connectivity index (χ4v) is 1.76.